The number of rotatable bonds is 3. The largest absolute Gasteiger partial charge is 0.304 e. The zero-order valence-corrected chi connectivity index (χ0v) is 13.7. The van der Waals surface area contributed by atoms with Gasteiger partial charge in [-0.3, -0.25) is 9.78 Å². The molecule has 100 valence electrons. The summed E-state index contributed by atoms with van der Waals surface area (Å²) in [7, 11) is 0. The zero-order chi connectivity index (χ0) is 14.0. The Kier molecular flexibility index (Phi) is 4.52. The quantitative estimate of drug-likeness (QED) is 0.877. The molecule has 6 heteroatoms. The molecule has 4 nitrogen and oxygen atoms in total. The van der Waals surface area contributed by atoms with Crippen LogP contribution >= 0.6 is 31.9 Å². The molecule has 0 bridgehead atoms. The number of aromatic nitrogens is 3. The van der Waals surface area contributed by atoms with Crippen molar-refractivity contribution in [2.75, 3.05) is 0 Å². The van der Waals surface area contributed by atoms with Gasteiger partial charge in [0.15, 0.2) is 5.82 Å². The minimum atomic E-state index is -0.182. The lowest BCUT2D eigenvalue weighted by atomic mass is 10.1. The SMILES string of the molecule is CC(C)Cc1nc(-c2ncccc2Br)[nH]c(=O)c1Br. The van der Waals surface area contributed by atoms with Gasteiger partial charge in [0, 0.05) is 10.7 Å². The summed E-state index contributed by atoms with van der Waals surface area (Å²) in [5, 5.41) is 0. The Bertz CT molecular complexity index is 653. The van der Waals surface area contributed by atoms with E-state index in [4.69, 9.17) is 0 Å². The Morgan fingerprint density at radius 2 is 2.11 bits per heavy atom. The second-order valence-electron chi connectivity index (χ2n) is 4.61. The Balaban J connectivity index is 2.57. The highest BCUT2D eigenvalue weighted by atomic mass is 79.9. The number of halogens is 2. The fraction of sp³-hybridized carbons (Fsp3) is 0.308. The van der Waals surface area contributed by atoms with Gasteiger partial charge in [0.2, 0.25) is 0 Å². The van der Waals surface area contributed by atoms with Crippen molar-refractivity contribution in [2.45, 2.75) is 20.3 Å². The van der Waals surface area contributed by atoms with Gasteiger partial charge in [-0.25, -0.2) is 4.98 Å². The molecule has 0 atom stereocenters. The molecule has 0 unspecified atom stereocenters. The molecule has 1 N–H and O–H groups in total. The van der Waals surface area contributed by atoms with Crippen LogP contribution in [-0.2, 0) is 6.42 Å². The second-order valence-corrected chi connectivity index (χ2v) is 6.25. The van der Waals surface area contributed by atoms with Gasteiger partial charge in [0.1, 0.15) is 10.2 Å². The first-order valence-corrected chi connectivity index (χ1v) is 7.47. The predicted octanol–water partition coefficient (Wildman–Crippen LogP) is 3.56. The number of hydrogen-bond donors (Lipinski definition) is 1. The van der Waals surface area contributed by atoms with Gasteiger partial charge in [0.25, 0.3) is 5.56 Å². The molecule has 2 rings (SSSR count). The topological polar surface area (TPSA) is 58.6 Å². The highest BCUT2D eigenvalue weighted by Crippen LogP contribution is 2.23. The molecule has 0 radical (unpaired) electrons. The fourth-order valence-corrected chi connectivity index (χ4v) is 2.49. The maximum atomic E-state index is 11.9. The van der Waals surface area contributed by atoms with Crippen molar-refractivity contribution in [3.63, 3.8) is 0 Å². The lowest BCUT2D eigenvalue weighted by Gasteiger charge is -2.09. The molecule has 0 aliphatic rings. The van der Waals surface area contributed by atoms with Gasteiger partial charge in [-0.1, -0.05) is 13.8 Å². The molecule has 2 aromatic heterocycles. The third-order valence-corrected chi connectivity index (χ3v) is 3.97. The van der Waals surface area contributed by atoms with Crippen LogP contribution in [0.15, 0.2) is 32.1 Å². The zero-order valence-electron chi connectivity index (χ0n) is 10.6. The van der Waals surface area contributed by atoms with Crippen molar-refractivity contribution in [3.05, 3.63) is 43.3 Å². The normalized spacial score (nSPS) is 11.0. The monoisotopic (exact) mass is 385 g/mol. The first-order chi connectivity index (χ1) is 8.99. The highest BCUT2D eigenvalue weighted by Gasteiger charge is 2.13. The van der Waals surface area contributed by atoms with Crippen molar-refractivity contribution in [2.24, 2.45) is 5.92 Å². The predicted molar refractivity (Wildman–Crippen MR) is 82.0 cm³/mol. The molecule has 19 heavy (non-hydrogen) atoms. The Hall–Kier alpha value is -1.01. The molecule has 0 amide bonds. The number of H-pyrrole nitrogens is 1. The van der Waals surface area contributed by atoms with Gasteiger partial charge in [-0.2, -0.15) is 0 Å². The van der Waals surface area contributed by atoms with Crippen molar-refractivity contribution in [3.8, 4) is 11.5 Å². The molecule has 0 fully saturated rings. The summed E-state index contributed by atoms with van der Waals surface area (Å²) in [5.41, 5.74) is 1.21. The van der Waals surface area contributed by atoms with E-state index in [-0.39, 0.29) is 5.56 Å². The van der Waals surface area contributed by atoms with Crippen molar-refractivity contribution >= 4 is 31.9 Å². The lowest BCUT2D eigenvalue weighted by Crippen LogP contribution is -2.15. The van der Waals surface area contributed by atoms with Gasteiger partial charge < -0.3 is 4.98 Å². The van der Waals surface area contributed by atoms with Crippen molar-refractivity contribution < 1.29 is 0 Å². The number of nitrogens with zero attached hydrogens (tertiary/aromatic N) is 2. The summed E-state index contributed by atoms with van der Waals surface area (Å²) < 4.78 is 1.30. The standard InChI is InChI=1S/C13H13Br2N3O/c1-7(2)6-9-10(15)13(19)18-12(17-9)11-8(14)4-3-5-16-11/h3-5,7H,6H2,1-2H3,(H,17,18,19). The summed E-state index contributed by atoms with van der Waals surface area (Å²) in [6.07, 6.45) is 2.41. The molecule has 0 saturated carbocycles. The maximum absolute atomic E-state index is 11.9. The van der Waals surface area contributed by atoms with E-state index >= 15 is 0 Å². The maximum Gasteiger partial charge on any atom is 0.265 e. The van der Waals surface area contributed by atoms with Crippen LogP contribution < -0.4 is 5.56 Å². The number of aromatic amines is 1. The summed E-state index contributed by atoms with van der Waals surface area (Å²) in [5.74, 6) is 0.905. The van der Waals surface area contributed by atoms with Crippen LogP contribution in [0.1, 0.15) is 19.5 Å². The molecule has 0 aliphatic heterocycles. The van der Waals surface area contributed by atoms with E-state index in [0.717, 1.165) is 16.6 Å². The van der Waals surface area contributed by atoms with Crippen LogP contribution in [0.5, 0.6) is 0 Å². The van der Waals surface area contributed by atoms with Crippen molar-refractivity contribution in [1.29, 1.82) is 0 Å². The highest BCUT2D eigenvalue weighted by molar-refractivity contribution is 9.10. The molecule has 2 aromatic rings. The first kappa shape index (κ1) is 14.4. The second kappa shape index (κ2) is 5.96. The number of nitrogens with one attached hydrogen (secondary N) is 1. The third-order valence-electron chi connectivity index (χ3n) is 2.52. The molecular formula is C13H13Br2N3O. The van der Waals surface area contributed by atoms with Crippen LogP contribution in [0.3, 0.4) is 0 Å². The van der Waals surface area contributed by atoms with Crippen LogP contribution in [0, 0.1) is 5.92 Å². The lowest BCUT2D eigenvalue weighted by molar-refractivity contribution is 0.631. The van der Waals surface area contributed by atoms with Gasteiger partial charge in [0.05, 0.1) is 5.69 Å². The van der Waals surface area contributed by atoms with E-state index in [9.17, 15) is 4.79 Å². The summed E-state index contributed by atoms with van der Waals surface area (Å²) >= 11 is 6.71. The van der Waals surface area contributed by atoms with E-state index in [2.05, 4.69) is 60.7 Å². The Labute approximate surface area is 128 Å². The fourth-order valence-electron chi connectivity index (χ4n) is 1.70. The van der Waals surface area contributed by atoms with Crippen LogP contribution in [0.2, 0.25) is 0 Å². The minimum absolute atomic E-state index is 0.182. The van der Waals surface area contributed by atoms with Crippen LogP contribution in [-0.4, -0.2) is 15.0 Å². The van der Waals surface area contributed by atoms with Gasteiger partial charge in [-0.05, 0) is 56.3 Å². The van der Waals surface area contributed by atoms with Crippen molar-refractivity contribution in [1.82, 2.24) is 15.0 Å². The molecular weight excluding hydrogens is 374 g/mol. The Morgan fingerprint density at radius 1 is 1.37 bits per heavy atom. The molecule has 0 spiro atoms. The van der Waals surface area contributed by atoms with Crippen LogP contribution in [0.25, 0.3) is 11.5 Å². The number of hydrogen-bond acceptors (Lipinski definition) is 3. The molecule has 2 heterocycles. The molecule has 0 saturated heterocycles. The smallest absolute Gasteiger partial charge is 0.265 e. The average molecular weight is 387 g/mol. The summed E-state index contributed by atoms with van der Waals surface area (Å²) in [6, 6.07) is 3.69. The van der Waals surface area contributed by atoms with E-state index < -0.39 is 0 Å². The minimum Gasteiger partial charge on any atom is -0.304 e. The summed E-state index contributed by atoms with van der Waals surface area (Å²) in [6.45, 7) is 4.18. The van der Waals surface area contributed by atoms with Crippen LogP contribution in [0.4, 0.5) is 0 Å². The van der Waals surface area contributed by atoms with E-state index in [0.29, 0.717) is 21.9 Å². The summed E-state index contributed by atoms with van der Waals surface area (Å²) in [4.78, 5) is 23.4. The van der Waals surface area contributed by atoms with E-state index in [1.165, 1.54) is 0 Å². The molecule has 0 aliphatic carbocycles. The molecule has 0 aromatic carbocycles. The van der Waals surface area contributed by atoms with E-state index in [1.54, 1.807) is 6.20 Å². The van der Waals surface area contributed by atoms with Gasteiger partial charge in [-0.15, -0.1) is 0 Å². The third kappa shape index (κ3) is 3.30. The first-order valence-electron chi connectivity index (χ1n) is 5.88. The van der Waals surface area contributed by atoms with E-state index in [1.807, 2.05) is 12.1 Å². The van der Waals surface area contributed by atoms with Gasteiger partial charge >= 0.3 is 0 Å². The Morgan fingerprint density at radius 3 is 2.74 bits per heavy atom. The number of pyridine rings is 1. The average Bonchev–Trinajstić information content (AvgIpc) is 2.35.